The maximum atomic E-state index is 12.3. The second-order valence-corrected chi connectivity index (χ2v) is 8.37. The van der Waals surface area contributed by atoms with Crippen molar-refractivity contribution in [3.8, 4) is 5.75 Å². The van der Waals surface area contributed by atoms with E-state index in [1.165, 1.54) is 0 Å². The highest BCUT2D eigenvalue weighted by Gasteiger charge is 2.12. The van der Waals surface area contributed by atoms with E-state index in [1.807, 2.05) is 39.0 Å². The molecular formula is C21H31IN4O3S. The summed E-state index contributed by atoms with van der Waals surface area (Å²) < 4.78 is 32.9. The lowest BCUT2D eigenvalue weighted by Gasteiger charge is -2.15. The molecule has 2 aromatic rings. The molecule has 0 aromatic heterocycles. The molecule has 3 N–H and O–H groups in total. The number of hydrogen-bond donors (Lipinski definition) is 3. The number of ether oxygens (including phenoxy) is 1. The smallest absolute Gasteiger partial charge is 0.240 e. The molecule has 2 rings (SSSR count). The van der Waals surface area contributed by atoms with Gasteiger partial charge >= 0.3 is 0 Å². The number of sulfonamides is 1. The standard InChI is InChI=1S/C21H30N4O3S.HI/c1-5-28-20-14-17(3)6-9-18(20)15-24-21(22-4)23-12-13-25-29(26,27)19-10-7-16(2)8-11-19;/h6-11,14,25H,5,12-13,15H2,1-4H3,(H2,22,23,24);1H. The minimum atomic E-state index is -3.52. The topological polar surface area (TPSA) is 91.8 Å². The second-order valence-electron chi connectivity index (χ2n) is 6.61. The number of aryl methyl sites for hydroxylation is 2. The Hall–Kier alpha value is -1.85. The van der Waals surface area contributed by atoms with E-state index in [0.29, 0.717) is 25.7 Å². The summed E-state index contributed by atoms with van der Waals surface area (Å²) in [6, 6.07) is 12.8. The molecule has 7 nitrogen and oxygen atoms in total. The SMILES string of the molecule is CCOc1cc(C)ccc1CNC(=NC)NCCNS(=O)(=O)c1ccc(C)cc1.I. The first-order valence-corrected chi connectivity index (χ1v) is 11.1. The fourth-order valence-electron chi connectivity index (χ4n) is 2.66. The van der Waals surface area contributed by atoms with Crippen LogP contribution < -0.4 is 20.1 Å². The molecule has 0 atom stereocenters. The van der Waals surface area contributed by atoms with E-state index < -0.39 is 10.0 Å². The van der Waals surface area contributed by atoms with Crippen molar-refractivity contribution < 1.29 is 13.2 Å². The Labute approximate surface area is 196 Å². The number of benzene rings is 2. The van der Waals surface area contributed by atoms with Crippen molar-refractivity contribution in [1.82, 2.24) is 15.4 Å². The van der Waals surface area contributed by atoms with Crippen molar-refractivity contribution in [2.75, 3.05) is 26.7 Å². The Bertz CT molecular complexity index is 932. The molecule has 0 bridgehead atoms. The van der Waals surface area contributed by atoms with Crippen LogP contribution in [0.15, 0.2) is 52.4 Å². The molecule has 0 aliphatic rings. The number of guanidine groups is 1. The first-order chi connectivity index (χ1) is 13.9. The maximum Gasteiger partial charge on any atom is 0.240 e. The average Bonchev–Trinajstić information content (AvgIpc) is 2.69. The predicted molar refractivity (Wildman–Crippen MR) is 132 cm³/mol. The van der Waals surface area contributed by atoms with E-state index >= 15 is 0 Å². The first-order valence-electron chi connectivity index (χ1n) is 9.59. The molecule has 0 radical (unpaired) electrons. The normalized spacial score (nSPS) is 11.5. The lowest BCUT2D eigenvalue weighted by atomic mass is 10.1. The largest absolute Gasteiger partial charge is 0.494 e. The van der Waals surface area contributed by atoms with Crippen LogP contribution in [0.2, 0.25) is 0 Å². The van der Waals surface area contributed by atoms with Gasteiger partial charge in [-0.05, 0) is 44.5 Å². The van der Waals surface area contributed by atoms with Gasteiger partial charge in [-0.25, -0.2) is 13.1 Å². The van der Waals surface area contributed by atoms with Gasteiger partial charge in [0.25, 0.3) is 0 Å². The highest BCUT2D eigenvalue weighted by atomic mass is 127. The number of nitrogens with one attached hydrogen (secondary N) is 3. The molecule has 2 aromatic carbocycles. The van der Waals surface area contributed by atoms with Crippen molar-refractivity contribution in [1.29, 1.82) is 0 Å². The zero-order valence-electron chi connectivity index (χ0n) is 17.9. The Kier molecular flexibility index (Phi) is 11.1. The predicted octanol–water partition coefficient (Wildman–Crippen LogP) is 2.96. The number of rotatable bonds is 9. The number of aliphatic imine (C=N–C) groups is 1. The highest BCUT2D eigenvalue weighted by molar-refractivity contribution is 14.0. The van der Waals surface area contributed by atoms with Crippen LogP contribution in [0.1, 0.15) is 23.6 Å². The minimum Gasteiger partial charge on any atom is -0.494 e. The summed E-state index contributed by atoms with van der Waals surface area (Å²) in [7, 11) is -1.85. The summed E-state index contributed by atoms with van der Waals surface area (Å²) in [6.45, 7) is 7.69. The Balaban J connectivity index is 0.00000450. The Morgan fingerprint density at radius 3 is 2.30 bits per heavy atom. The van der Waals surface area contributed by atoms with Crippen LogP contribution >= 0.6 is 24.0 Å². The first kappa shape index (κ1) is 26.2. The van der Waals surface area contributed by atoms with Gasteiger partial charge in [-0.2, -0.15) is 0 Å². The van der Waals surface area contributed by atoms with Crippen LogP contribution in [0.25, 0.3) is 0 Å². The zero-order valence-corrected chi connectivity index (χ0v) is 21.0. The quantitative estimate of drug-likeness (QED) is 0.195. The van der Waals surface area contributed by atoms with Gasteiger partial charge in [0, 0.05) is 32.2 Å². The van der Waals surface area contributed by atoms with Gasteiger partial charge in [-0.15, -0.1) is 24.0 Å². The summed E-state index contributed by atoms with van der Waals surface area (Å²) in [5.41, 5.74) is 3.18. The summed E-state index contributed by atoms with van der Waals surface area (Å²) in [4.78, 5) is 4.43. The molecule has 0 amide bonds. The lowest BCUT2D eigenvalue weighted by Crippen LogP contribution is -2.41. The molecule has 166 valence electrons. The van der Waals surface area contributed by atoms with Gasteiger partial charge in [0.2, 0.25) is 10.0 Å². The second kappa shape index (κ2) is 12.8. The van der Waals surface area contributed by atoms with Crippen LogP contribution in [-0.4, -0.2) is 41.1 Å². The van der Waals surface area contributed by atoms with Crippen LogP contribution in [0, 0.1) is 13.8 Å². The Morgan fingerprint density at radius 2 is 1.67 bits per heavy atom. The summed E-state index contributed by atoms with van der Waals surface area (Å²) in [6.07, 6.45) is 0. The highest BCUT2D eigenvalue weighted by Crippen LogP contribution is 2.20. The molecule has 0 spiro atoms. The van der Waals surface area contributed by atoms with E-state index in [9.17, 15) is 8.42 Å². The van der Waals surface area contributed by atoms with E-state index in [-0.39, 0.29) is 35.4 Å². The maximum absolute atomic E-state index is 12.3. The number of hydrogen-bond acceptors (Lipinski definition) is 4. The van der Waals surface area contributed by atoms with Gasteiger partial charge in [-0.1, -0.05) is 29.8 Å². The molecule has 0 unspecified atom stereocenters. The molecule has 0 aliphatic heterocycles. The van der Waals surface area contributed by atoms with Gasteiger partial charge in [0.1, 0.15) is 5.75 Å². The van der Waals surface area contributed by atoms with Crippen LogP contribution in [0.3, 0.4) is 0 Å². The van der Waals surface area contributed by atoms with Gasteiger partial charge in [-0.3, -0.25) is 4.99 Å². The van der Waals surface area contributed by atoms with Gasteiger partial charge in [0.05, 0.1) is 11.5 Å². The van der Waals surface area contributed by atoms with Gasteiger partial charge < -0.3 is 15.4 Å². The van der Waals surface area contributed by atoms with Crippen LogP contribution in [0.5, 0.6) is 5.75 Å². The Morgan fingerprint density at radius 1 is 1.00 bits per heavy atom. The molecule has 0 fully saturated rings. The summed E-state index contributed by atoms with van der Waals surface area (Å²) in [5.74, 6) is 1.43. The minimum absolute atomic E-state index is 0. The van der Waals surface area contributed by atoms with Gasteiger partial charge in [0.15, 0.2) is 5.96 Å². The van der Waals surface area contributed by atoms with E-state index in [1.54, 1.807) is 31.3 Å². The molecular weight excluding hydrogens is 515 g/mol. The van der Waals surface area contributed by atoms with E-state index in [4.69, 9.17) is 4.74 Å². The van der Waals surface area contributed by atoms with E-state index in [0.717, 1.165) is 22.4 Å². The van der Waals surface area contributed by atoms with Crippen molar-refractivity contribution >= 4 is 40.0 Å². The average molecular weight is 546 g/mol. The van der Waals surface area contributed by atoms with Crippen LogP contribution in [0.4, 0.5) is 0 Å². The third kappa shape index (κ3) is 8.11. The molecule has 0 saturated carbocycles. The molecule has 9 heteroatoms. The number of halogens is 1. The fourth-order valence-corrected chi connectivity index (χ4v) is 3.70. The fraction of sp³-hybridized carbons (Fsp3) is 0.381. The van der Waals surface area contributed by atoms with E-state index in [2.05, 4.69) is 20.3 Å². The third-order valence-corrected chi connectivity index (χ3v) is 5.71. The molecule has 0 aliphatic carbocycles. The zero-order chi connectivity index (χ0) is 21.3. The summed E-state index contributed by atoms with van der Waals surface area (Å²) >= 11 is 0. The van der Waals surface area contributed by atoms with Crippen molar-refractivity contribution in [2.45, 2.75) is 32.2 Å². The van der Waals surface area contributed by atoms with Crippen LogP contribution in [-0.2, 0) is 16.6 Å². The van der Waals surface area contributed by atoms with Crippen molar-refractivity contribution in [3.05, 3.63) is 59.2 Å². The third-order valence-electron chi connectivity index (χ3n) is 4.23. The number of nitrogens with zero attached hydrogens (tertiary/aromatic N) is 1. The van der Waals surface area contributed by atoms with Crippen molar-refractivity contribution in [3.63, 3.8) is 0 Å². The van der Waals surface area contributed by atoms with Crippen molar-refractivity contribution in [2.24, 2.45) is 4.99 Å². The molecule has 30 heavy (non-hydrogen) atoms. The summed E-state index contributed by atoms with van der Waals surface area (Å²) in [5, 5.41) is 6.33. The molecule has 0 heterocycles. The lowest BCUT2D eigenvalue weighted by molar-refractivity contribution is 0.336. The monoisotopic (exact) mass is 546 g/mol. The molecule has 0 saturated heterocycles.